The normalized spacial score (nSPS) is 11.7. The fourth-order valence-electron chi connectivity index (χ4n) is 3.91. The second kappa shape index (κ2) is 6.78. The van der Waals surface area contributed by atoms with Gasteiger partial charge in [-0.15, -0.1) is 0 Å². The van der Waals surface area contributed by atoms with Gasteiger partial charge in [-0.1, -0.05) is 109 Å². The first-order valence-corrected chi connectivity index (χ1v) is 11.1. The van der Waals surface area contributed by atoms with Crippen LogP contribution in [0.25, 0.3) is 21.5 Å². The van der Waals surface area contributed by atoms with Crippen LogP contribution in [0.5, 0.6) is 0 Å². The van der Waals surface area contributed by atoms with E-state index in [1.165, 1.54) is 10.8 Å². The van der Waals surface area contributed by atoms with E-state index in [0.29, 0.717) is 0 Å². The Bertz CT molecular complexity index is 1280. The lowest BCUT2D eigenvalue weighted by Crippen LogP contribution is -2.24. The predicted molar refractivity (Wildman–Crippen MR) is 121 cm³/mol. The summed E-state index contributed by atoms with van der Waals surface area (Å²) in [6.45, 7) is 0. The maximum Gasteiger partial charge on any atom is 0.171 e. The lowest BCUT2D eigenvalue weighted by Gasteiger charge is -2.20. The molecule has 0 atom stereocenters. The minimum Gasteiger partial charge on any atom is -0.309 e. The van der Waals surface area contributed by atoms with Gasteiger partial charge in [-0.25, -0.2) is 0 Å². The number of hydrogen-bond acceptors (Lipinski definition) is 1. The van der Waals surface area contributed by atoms with E-state index in [-0.39, 0.29) is 0 Å². The van der Waals surface area contributed by atoms with Crippen LogP contribution in [0, 0.1) is 0 Å². The van der Waals surface area contributed by atoms with Crippen molar-refractivity contribution in [2.45, 2.75) is 0 Å². The highest BCUT2D eigenvalue weighted by Crippen LogP contribution is 2.43. The van der Waals surface area contributed by atoms with Crippen molar-refractivity contribution in [1.82, 2.24) is 0 Å². The predicted octanol–water partition coefficient (Wildman–Crippen LogP) is 5.63. The third-order valence-electron chi connectivity index (χ3n) is 5.33. The molecule has 0 aliphatic heterocycles. The molecule has 0 heterocycles. The largest absolute Gasteiger partial charge is 0.309 e. The minimum absolute atomic E-state index is 0.862. The van der Waals surface area contributed by atoms with E-state index in [2.05, 4.69) is 48.5 Å². The molecule has 0 unspecified atom stereocenters. The molecule has 0 aliphatic rings. The Morgan fingerprint density at radius 3 is 1.57 bits per heavy atom. The molecule has 0 spiro atoms. The Kier molecular flexibility index (Phi) is 4.11. The smallest absolute Gasteiger partial charge is 0.171 e. The van der Waals surface area contributed by atoms with Gasteiger partial charge in [-0.2, -0.15) is 0 Å². The van der Waals surface area contributed by atoms with Crippen LogP contribution in [0.2, 0.25) is 0 Å². The Balaban J connectivity index is 1.84. The molecule has 0 bridgehead atoms. The van der Waals surface area contributed by atoms with Gasteiger partial charge in [-0.3, -0.25) is 0 Å². The average molecular weight is 378 g/mol. The van der Waals surface area contributed by atoms with E-state index in [9.17, 15) is 4.57 Å². The van der Waals surface area contributed by atoms with Crippen LogP contribution in [0.4, 0.5) is 0 Å². The maximum atomic E-state index is 14.6. The van der Waals surface area contributed by atoms with Crippen LogP contribution < -0.4 is 15.9 Å². The summed E-state index contributed by atoms with van der Waals surface area (Å²) >= 11 is 0. The number of rotatable bonds is 3. The second-order valence-electron chi connectivity index (χ2n) is 6.97. The quantitative estimate of drug-likeness (QED) is 0.294. The van der Waals surface area contributed by atoms with Crippen LogP contribution in [0.15, 0.2) is 115 Å². The third-order valence-corrected chi connectivity index (χ3v) is 8.39. The van der Waals surface area contributed by atoms with Gasteiger partial charge in [0.2, 0.25) is 0 Å². The summed E-state index contributed by atoms with van der Waals surface area (Å²) in [7, 11) is -2.96. The number of fused-ring (bicyclic) bond motifs is 3. The molecule has 0 aliphatic carbocycles. The van der Waals surface area contributed by atoms with Crippen LogP contribution in [0.3, 0.4) is 0 Å². The monoisotopic (exact) mass is 378 g/mol. The van der Waals surface area contributed by atoms with E-state index in [1.807, 2.05) is 66.7 Å². The molecule has 0 aromatic heterocycles. The molecule has 0 saturated heterocycles. The van der Waals surface area contributed by atoms with Crippen molar-refractivity contribution in [3.8, 4) is 0 Å². The van der Waals surface area contributed by atoms with Crippen molar-refractivity contribution in [1.29, 1.82) is 0 Å². The molecular weight excluding hydrogens is 359 g/mol. The Morgan fingerprint density at radius 2 is 0.929 bits per heavy atom. The lowest BCUT2D eigenvalue weighted by atomic mass is 10.0. The average Bonchev–Trinajstić information content (AvgIpc) is 2.79. The summed E-state index contributed by atoms with van der Waals surface area (Å²) in [5.74, 6) is 0. The summed E-state index contributed by atoms with van der Waals surface area (Å²) in [6, 6.07) is 38.6. The molecular formula is C26H19OP. The Morgan fingerprint density at radius 1 is 0.429 bits per heavy atom. The van der Waals surface area contributed by atoms with Crippen molar-refractivity contribution in [2.24, 2.45) is 0 Å². The summed E-state index contributed by atoms with van der Waals surface area (Å²) in [6.07, 6.45) is 0. The van der Waals surface area contributed by atoms with E-state index >= 15 is 0 Å². The van der Waals surface area contributed by atoms with Gasteiger partial charge in [0, 0.05) is 15.9 Å². The topological polar surface area (TPSA) is 17.1 Å². The standard InChI is InChI=1S/C26H19OP/c27-28(22-10-3-1-4-11-22,23-12-5-2-6-13-23)24-18-17-21-16-15-20-9-7-8-14-25(20)26(21)19-24/h1-19H. The van der Waals surface area contributed by atoms with Crippen molar-refractivity contribution in [2.75, 3.05) is 0 Å². The van der Waals surface area contributed by atoms with Gasteiger partial charge >= 0.3 is 0 Å². The van der Waals surface area contributed by atoms with E-state index < -0.39 is 7.14 Å². The molecule has 0 radical (unpaired) electrons. The third kappa shape index (κ3) is 2.68. The first-order chi connectivity index (χ1) is 13.8. The van der Waals surface area contributed by atoms with Gasteiger partial charge in [0.15, 0.2) is 7.14 Å². The molecule has 0 saturated carbocycles. The van der Waals surface area contributed by atoms with Gasteiger partial charge < -0.3 is 4.57 Å². The van der Waals surface area contributed by atoms with Crippen molar-refractivity contribution in [3.63, 3.8) is 0 Å². The van der Waals surface area contributed by atoms with Gasteiger partial charge in [0.25, 0.3) is 0 Å². The van der Waals surface area contributed by atoms with Crippen molar-refractivity contribution >= 4 is 44.6 Å². The highest BCUT2D eigenvalue weighted by molar-refractivity contribution is 7.85. The lowest BCUT2D eigenvalue weighted by molar-refractivity contribution is 0.592. The molecule has 0 amide bonds. The summed E-state index contributed by atoms with van der Waals surface area (Å²) < 4.78 is 14.6. The molecule has 5 rings (SSSR count). The summed E-state index contributed by atoms with van der Waals surface area (Å²) in [5, 5.41) is 7.28. The summed E-state index contributed by atoms with van der Waals surface area (Å²) in [4.78, 5) is 0. The van der Waals surface area contributed by atoms with Crippen LogP contribution in [0.1, 0.15) is 0 Å². The SMILES string of the molecule is O=P(c1ccccc1)(c1ccccc1)c1ccc2ccc3ccccc3c2c1. The Hall–Kier alpha value is -3.15. The first-order valence-electron chi connectivity index (χ1n) is 9.40. The fourth-order valence-corrected chi connectivity index (χ4v) is 6.58. The van der Waals surface area contributed by atoms with E-state index in [4.69, 9.17) is 0 Å². The van der Waals surface area contributed by atoms with Gasteiger partial charge in [-0.05, 0) is 27.6 Å². The maximum absolute atomic E-state index is 14.6. The number of hydrogen-bond donors (Lipinski definition) is 0. The van der Waals surface area contributed by atoms with E-state index in [1.54, 1.807) is 0 Å². The van der Waals surface area contributed by atoms with Crippen molar-refractivity contribution in [3.05, 3.63) is 115 Å². The number of benzene rings is 5. The highest BCUT2D eigenvalue weighted by Gasteiger charge is 2.29. The molecule has 134 valence electrons. The van der Waals surface area contributed by atoms with Crippen LogP contribution >= 0.6 is 7.14 Å². The zero-order chi connectivity index (χ0) is 19.0. The van der Waals surface area contributed by atoms with Crippen molar-refractivity contribution < 1.29 is 4.57 Å². The zero-order valence-electron chi connectivity index (χ0n) is 15.3. The second-order valence-corrected chi connectivity index (χ2v) is 9.74. The molecule has 2 heteroatoms. The van der Waals surface area contributed by atoms with Crippen LogP contribution in [-0.2, 0) is 4.57 Å². The molecule has 0 fully saturated rings. The molecule has 0 N–H and O–H groups in total. The summed E-state index contributed by atoms with van der Waals surface area (Å²) in [5.41, 5.74) is 0. The molecule has 28 heavy (non-hydrogen) atoms. The fraction of sp³-hybridized carbons (Fsp3) is 0. The Labute approximate surface area is 164 Å². The first kappa shape index (κ1) is 17.0. The van der Waals surface area contributed by atoms with Gasteiger partial charge in [0.1, 0.15) is 0 Å². The zero-order valence-corrected chi connectivity index (χ0v) is 16.2. The molecule has 1 nitrogen and oxygen atoms in total. The molecule has 5 aromatic carbocycles. The molecule has 5 aromatic rings. The minimum atomic E-state index is -2.96. The van der Waals surface area contributed by atoms with E-state index in [0.717, 1.165) is 26.7 Å². The highest BCUT2D eigenvalue weighted by atomic mass is 31.2. The van der Waals surface area contributed by atoms with Crippen LogP contribution in [-0.4, -0.2) is 0 Å². The van der Waals surface area contributed by atoms with Gasteiger partial charge in [0.05, 0.1) is 0 Å².